The van der Waals surface area contributed by atoms with E-state index in [-0.39, 0.29) is 61.9 Å². The molecule has 0 bridgehead atoms. The highest BCUT2D eigenvalue weighted by atomic mass is 16.3. The van der Waals surface area contributed by atoms with Crippen LogP contribution in [-0.2, 0) is 47.9 Å². The minimum absolute atomic E-state index is 0.0292. The Morgan fingerprint density at radius 1 is 0.641 bits per heavy atom. The minimum Gasteiger partial charge on any atom is -0.395 e. The molecule has 0 spiro atoms. The number of rotatable bonds is 36. The first-order chi connectivity index (χ1) is 36.2. The van der Waals surface area contributed by atoms with Crippen LogP contribution < -0.4 is 47.9 Å². The summed E-state index contributed by atoms with van der Waals surface area (Å²) in [6, 6.07) is -5.99. The van der Waals surface area contributed by atoms with E-state index in [9.17, 15) is 53.1 Å². The maximum absolute atomic E-state index is 14.1. The molecular weight excluding hydrogens is 1000 g/mol. The minimum atomic E-state index is -1.67. The second-order valence-electron chi connectivity index (χ2n) is 23.7. The lowest BCUT2D eigenvalue weighted by Crippen LogP contribution is -2.66. The van der Waals surface area contributed by atoms with Crippen LogP contribution >= 0.6 is 0 Å². The van der Waals surface area contributed by atoms with Gasteiger partial charge in [0.2, 0.25) is 53.2 Å². The van der Waals surface area contributed by atoms with Gasteiger partial charge >= 0.3 is 0 Å². The number of Topliss-reactive ketones (excluding diaryl/α,β-unsaturated/α-hetero) is 1. The Bertz CT molecular complexity index is 2010. The standard InChI is InChI=1S/C56H102N10O12/c1-17-20-21-22-24-36(8)50(75)66-27-23-25-42(66)47(72)60-41(30-34(6)29-40(69)31-39(68)19-3)46(71)59-38(10)45(70)63-54(11,12)52(77)62-43(33(4)5)48(73)61-44(35(7)18-2)49(74)64-56(15,16)53(78)65-55(13,14)51(76)58-37(9)32-57-26-28-67/h33-38,40-44,57,67,69H,17-32H2,1-16H3,(H,58,76)(H,59,71)(H,60,72)(H,61,73)(H,62,77)(H,63,70)(H,64,74)(H,65,78). The van der Waals surface area contributed by atoms with E-state index in [1.165, 1.54) is 48.5 Å². The number of unbranched alkanes of at least 4 members (excludes halogenated alkanes) is 3. The first kappa shape index (κ1) is 70.8. The Hall–Kier alpha value is -5.22. The molecule has 22 nitrogen and oxygen atoms in total. The van der Waals surface area contributed by atoms with Crippen molar-refractivity contribution >= 4 is 58.9 Å². The Balaban J connectivity index is 3.22. The van der Waals surface area contributed by atoms with Gasteiger partial charge in [-0.3, -0.25) is 47.9 Å². The van der Waals surface area contributed by atoms with Gasteiger partial charge in [-0.25, -0.2) is 0 Å². The molecule has 22 heteroatoms. The molecule has 1 rings (SSSR count). The second kappa shape index (κ2) is 33.4. The van der Waals surface area contributed by atoms with Crippen LogP contribution in [0.15, 0.2) is 0 Å². The monoisotopic (exact) mass is 1110 g/mol. The van der Waals surface area contributed by atoms with E-state index in [1.807, 2.05) is 13.8 Å². The molecule has 0 aromatic rings. The van der Waals surface area contributed by atoms with Crippen LogP contribution in [0.4, 0.5) is 0 Å². The molecule has 1 heterocycles. The zero-order chi connectivity index (χ0) is 59.9. The number of nitrogens with one attached hydrogen (secondary N) is 9. The lowest BCUT2D eigenvalue weighted by Gasteiger charge is -2.35. The van der Waals surface area contributed by atoms with E-state index >= 15 is 0 Å². The molecule has 1 saturated heterocycles. The SMILES string of the molecule is CCCCCCC(C)C(=O)N1CCCC1C(=O)NC(CC(C)CC(O)CC(=O)CC)C(=O)NC(C)C(=O)NC(C)(C)C(=O)NC(C(=O)NC(C(=O)NC(C)(C)C(=O)NC(C)(C)C(=O)NC(C)CNCCO)C(C)CC)C(C)C. The van der Waals surface area contributed by atoms with Crippen LogP contribution in [0, 0.1) is 23.7 Å². The largest absolute Gasteiger partial charge is 0.395 e. The lowest BCUT2D eigenvalue weighted by atomic mass is 9.92. The molecule has 10 atom stereocenters. The topological polar surface area (TPSA) is 323 Å². The number of nitrogens with zero attached hydrogens (tertiary/aromatic N) is 1. The van der Waals surface area contributed by atoms with Crippen LogP contribution in [0.5, 0.6) is 0 Å². The highest BCUT2D eigenvalue weighted by Crippen LogP contribution is 2.24. The molecule has 9 amide bonds. The fraction of sp³-hybridized carbons (Fsp3) is 0.821. The zero-order valence-electron chi connectivity index (χ0n) is 50.1. The van der Waals surface area contributed by atoms with Crippen molar-refractivity contribution < 1.29 is 58.2 Å². The highest BCUT2D eigenvalue weighted by Gasteiger charge is 2.42. The van der Waals surface area contributed by atoms with Crippen LogP contribution in [0.3, 0.4) is 0 Å². The Kier molecular flexibility index (Phi) is 30.3. The van der Waals surface area contributed by atoms with E-state index in [1.54, 1.807) is 46.4 Å². The third-order valence-electron chi connectivity index (χ3n) is 14.5. The molecule has 0 radical (unpaired) electrons. The van der Waals surface area contributed by atoms with Gasteiger partial charge in [0.15, 0.2) is 0 Å². The lowest BCUT2D eigenvalue weighted by molar-refractivity contribution is -0.142. The summed E-state index contributed by atoms with van der Waals surface area (Å²) in [6.45, 7) is 27.4. The van der Waals surface area contributed by atoms with Gasteiger partial charge in [0.25, 0.3) is 0 Å². The molecule has 1 aliphatic rings. The Morgan fingerprint density at radius 2 is 1.23 bits per heavy atom. The van der Waals surface area contributed by atoms with E-state index in [4.69, 9.17) is 5.11 Å². The number of carbonyl (C=O) groups is 10. The number of likely N-dealkylation sites (tertiary alicyclic amines) is 1. The number of hydrogen-bond donors (Lipinski definition) is 11. The predicted octanol–water partition coefficient (Wildman–Crippen LogP) is 2.16. The van der Waals surface area contributed by atoms with Gasteiger partial charge in [-0.05, 0) is 105 Å². The summed E-state index contributed by atoms with van der Waals surface area (Å²) in [6.07, 6.45) is 5.59. The molecular formula is C56H102N10O12. The van der Waals surface area contributed by atoms with Crippen molar-refractivity contribution in [1.82, 2.24) is 52.8 Å². The summed E-state index contributed by atoms with van der Waals surface area (Å²) >= 11 is 0. The fourth-order valence-corrected chi connectivity index (χ4v) is 8.99. The summed E-state index contributed by atoms with van der Waals surface area (Å²) in [7, 11) is 0. The molecule has 10 unspecified atom stereocenters. The van der Waals surface area contributed by atoms with E-state index in [0.717, 1.165) is 25.7 Å². The number of aliphatic hydroxyl groups excluding tert-OH is 2. The molecule has 1 aliphatic heterocycles. The number of carbonyl (C=O) groups excluding carboxylic acids is 10. The van der Waals surface area contributed by atoms with Crippen molar-refractivity contribution in [3.05, 3.63) is 0 Å². The molecule has 0 saturated carbocycles. The van der Waals surface area contributed by atoms with Gasteiger partial charge in [0.1, 0.15) is 52.6 Å². The van der Waals surface area contributed by atoms with Crippen molar-refractivity contribution in [2.45, 2.75) is 247 Å². The summed E-state index contributed by atoms with van der Waals surface area (Å²) < 4.78 is 0. The molecule has 0 aromatic heterocycles. The average molecular weight is 1110 g/mol. The average Bonchev–Trinajstić information content (AvgIpc) is 3.85. The molecule has 0 aromatic carbocycles. The normalized spacial score (nSPS) is 17.4. The number of hydrogen-bond acceptors (Lipinski definition) is 13. The third-order valence-corrected chi connectivity index (χ3v) is 14.5. The third kappa shape index (κ3) is 23.6. The maximum Gasteiger partial charge on any atom is 0.246 e. The van der Waals surface area contributed by atoms with E-state index in [0.29, 0.717) is 45.3 Å². The Labute approximate surface area is 465 Å². The summed E-state index contributed by atoms with van der Waals surface area (Å²) in [5.74, 6) is -7.22. The van der Waals surface area contributed by atoms with Crippen molar-refractivity contribution in [1.29, 1.82) is 0 Å². The second-order valence-corrected chi connectivity index (χ2v) is 23.7. The quantitative estimate of drug-likeness (QED) is 0.0402. The molecule has 78 heavy (non-hydrogen) atoms. The maximum atomic E-state index is 14.1. The van der Waals surface area contributed by atoms with Gasteiger partial charge < -0.3 is 63.0 Å². The van der Waals surface area contributed by atoms with Gasteiger partial charge in [0, 0.05) is 44.4 Å². The van der Waals surface area contributed by atoms with Crippen molar-refractivity contribution in [2.75, 3.05) is 26.2 Å². The van der Waals surface area contributed by atoms with Gasteiger partial charge in [-0.15, -0.1) is 0 Å². The number of ketones is 1. The first-order valence-corrected chi connectivity index (χ1v) is 28.5. The molecule has 448 valence electrons. The summed E-state index contributed by atoms with van der Waals surface area (Å²) in [5.41, 5.74) is -4.63. The first-order valence-electron chi connectivity index (χ1n) is 28.5. The van der Waals surface area contributed by atoms with Crippen LogP contribution in [0.1, 0.15) is 188 Å². The van der Waals surface area contributed by atoms with Gasteiger partial charge in [0.05, 0.1) is 12.7 Å². The van der Waals surface area contributed by atoms with Gasteiger partial charge in [-0.2, -0.15) is 0 Å². The Morgan fingerprint density at radius 3 is 1.81 bits per heavy atom. The highest BCUT2D eigenvalue weighted by molar-refractivity contribution is 6.00. The fourth-order valence-electron chi connectivity index (χ4n) is 8.99. The molecule has 0 aliphatic carbocycles. The predicted molar refractivity (Wildman–Crippen MR) is 299 cm³/mol. The number of aliphatic hydroxyl groups is 2. The van der Waals surface area contributed by atoms with E-state index in [2.05, 4.69) is 54.8 Å². The molecule has 11 N–H and O–H groups in total. The molecule has 1 fully saturated rings. The van der Waals surface area contributed by atoms with Crippen LogP contribution in [-0.4, -0.2) is 159 Å². The van der Waals surface area contributed by atoms with Crippen LogP contribution in [0.2, 0.25) is 0 Å². The van der Waals surface area contributed by atoms with Crippen molar-refractivity contribution in [3.8, 4) is 0 Å². The van der Waals surface area contributed by atoms with Crippen LogP contribution in [0.25, 0.3) is 0 Å². The number of amides is 9. The summed E-state index contributed by atoms with van der Waals surface area (Å²) in [4.78, 5) is 138. The van der Waals surface area contributed by atoms with E-state index < -0.39 is 112 Å². The van der Waals surface area contributed by atoms with Crippen molar-refractivity contribution in [2.24, 2.45) is 23.7 Å². The zero-order valence-corrected chi connectivity index (χ0v) is 50.1. The smallest absolute Gasteiger partial charge is 0.246 e. The van der Waals surface area contributed by atoms with Gasteiger partial charge in [-0.1, -0.05) is 87.5 Å². The summed E-state index contributed by atoms with van der Waals surface area (Å²) in [5, 5.41) is 44.5. The van der Waals surface area contributed by atoms with Crippen molar-refractivity contribution in [3.63, 3.8) is 0 Å².